The lowest BCUT2D eigenvalue weighted by Gasteiger charge is -2.32. The zero-order valence-corrected chi connectivity index (χ0v) is 13.8. The van der Waals surface area contributed by atoms with E-state index in [0.29, 0.717) is 5.95 Å². The van der Waals surface area contributed by atoms with Crippen LogP contribution >= 0.6 is 0 Å². The van der Waals surface area contributed by atoms with Crippen LogP contribution in [0.25, 0.3) is 0 Å². The van der Waals surface area contributed by atoms with Gasteiger partial charge < -0.3 is 19.5 Å². The molecule has 1 fully saturated rings. The largest absolute Gasteiger partial charge is 0.498 e. The maximum Gasteiger partial charge on any atom is 0.498 e. The van der Waals surface area contributed by atoms with Crippen LogP contribution in [0, 0.1) is 0 Å². The molecule has 0 aromatic carbocycles. The number of rotatable bonds is 5. The molecule has 0 atom stereocenters. The molecule has 1 aliphatic rings. The number of hydrogen-bond donors (Lipinski definition) is 1. The van der Waals surface area contributed by atoms with Gasteiger partial charge in [0.2, 0.25) is 5.95 Å². The quantitative estimate of drug-likeness (QED) is 0.808. The van der Waals surface area contributed by atoms with Gasteiger partial charge in [-0.1, -0.05) is 0 Å². The van der Waals surface area contributed by atoms with Crippen molar-refractivity contribution in [3.8, 4) is 0 Å². The van der Waals surface area contributed by atoms with Gasteiger partial charge in [0.1, 0.15) is 0 Å². The summed E-state index contributed by atoms with van der Waals surface area (Å²) in [5, 5.41) is 3.18. The molecule has 0 amide bonds. The molecule has 1 aromatic heterocycles. The molecule has 0 aliphatic carbocycles. The molecular weight excluding hydrogens is 267 g/mol. The lowest BCUT2D eigenvalue weighted by atomic mass is 9.81. The predicted octanol–water partition coefficient (Wildman–Crippen LogP) is 0.749. The van der Waals surface area contributed by atoms with Gasteiger partial charge in [-0.3, -0.25) is 0 Å². The topological polar surface area (TPSA) is 59.5 Å². The van der Waals surface area contributed by atoms with Gasteiger partial charge in [-0.2, -0.15) is 0 Å². The summed E-state index contributed by atoms with van der Waals surface area (Å²) in [6.45, 7) is 9.87. The average Bonchev–Trinajstić information content (AvgIpc) is 2.59. The number of nitrogens with zero attached hydrogens (tertiary/aromatic N) is 3. The lowest BCUT2D eigenvalue weighted by molar-refractivity contribution is 0.00578. The van der Waals surface area contributed by atoms with Crippen LogP contribution in [0.5, 0.6) is 0 Å². The Kier molecular flexibility index (Phi) is 4.56. The zero-order valence-electron chi connectivity index (χ0n) is 13.8. The van der Waals surface area contributed by atoms with E-state index in [4.69, 9.17) is 9.31 Å². The third-order valence-electron chi connectivity index (χ3n) is 4.04. The van der Waals surface area contributed by atoms with Crippen LogP contribution in [-0.2, 0) is 9.31 Å². The third-order valence-corrected chi connectivity index (χ3v) is 4.04. The molecule has 0 radical (unpaired) electrons. The molecule has 1 saturated heterocycles. The molecule has 1 aromatic rings. The van der Waals surface area contributed by atoms with Crippen molar-refractivity contribution in [1.29, 1.82) is 0 Å². The first-order chi connectivity index (χ1) is 9.71. The van der Waals surface area contributed by atoms with Gasteiger partial charge in [0.15, 0.2) is 0 Å². The highest BCUT2D eigenvalue weighted by Crippen LogP contribution is 2.36. The van der Waals surface area contributed by atoms with Crippen molar-refractivity contribution in [2.24, 2.45) is 0 Å². The minimum Gasteiger partial charge on any atom is -0.399 e. The van der Waals surface area contributed by atoms with E-state index in [2.05, 4.69) is 20.2 Å². The van der Waals surface area contributed by atoms with Crippen molar-refractivity contribution in [2.45, 2.75) is 38.9 Å². The predicted molar refractivity (Wildman–Crippen MR) is 84.8 cm³/mol. The van der Waals surface area contributed by atoms with Gasteiger partial charge in [-0.15, -0.1) is 0 Å². The summed E-state index contributed by atoms with van der Waals surface area (Å²) in [6.07, 6.45) is 3.51. The van der Waals surface area contributed by atoms with Gasteiger partial charge in [0.25, 0.3) is 0 Å². The highest BCUT2D eigenvalue weighted by molar-refractivity contribution is 6.61. The second-order valence-corrected chi connectivity index (χ2v) is 6.66. The molecule has 0 unspecified atom stereocenters. The van der Waals surface area contributed by atoms with Crippen LogP contribution in [0.2, 0.25) is 0 Å². The van der Waals surface area contributed by atoms with Crippen LogP contribution in [-0.4, -0.2) is 60.4 Å². The van der Waals surface area contributed by atoms with Gasteiger partial charge in [0, 0.05) is 30.9 Å². The normalized spacial score (nSPS) is 20.0. The van der Waals surface area contributed by atoms with Crippen LogP contribution in [0.3, 0.4) is 0 Å². The van der Waals surface area contributed by atoms with Crippen molar-refractivity contribution in [1.82, 2.24) is 14.9 Å². The Morgan fingerprint density at radius 2 is 1.62 bits per heavy atom. The van der Waals surface area contributed by atoms with Gasteiger partial charge >= 0.3 is 7.12 Å². The molecule has 0 spiro atoms. The Balaban J connectivity index is 1.97. The minimum atomic E-state index is -0.411. The molecule has 116 valence electrons. The van der Waals surface area contributed by atoms with Crippen LogP contribution < -0.4 is 10.8 Å². The summed E-state index contributed by atoms with van der Waals surface area (Å²) in [5.41, 5.74) is 0.146. The highest BCUT2D eigenvalue weighted by atomic mass is 16.7. The Morgan fingerprint density at radius 3 is 2.10 bits per heavy atom. The number of likely N-dealkylation sites (N-methyl/N-ethyl adjacent to an activating group) is 1. The maximum atomic E-state index is 5.97. The third kappa shape index (κ3) is 3.72. The number of anilines is 1. The fourth-order valence-electron chi connectivity index (χ4n) is 1.92. The van der Waals surface area contributed by atoms with E-state index in [1.54, 1.807) is 12.4 Å². The summed E-state index contributed by atoms with van der Waals surface area (Å²) in [7, 11) is 3.65. The Morgan fingerprint density at radius 1 is 1.10 bits per heavy atom. The maximum absolute atomic E-state index is 5.97. The molecule has 21 heavy (non-hydrogen) atoms. The van der Waals surface area contributed by atoms with E-state index < -0.39 is 7.12 Å². The van der Waals surface area contributed by atoms with E-state index in [-0.39, 0.29) is 11.2 Å². The fraction of sp³-hybridized carbons (Fsp3) is 0.714. The van der Waals surface area contributed by atoms with Crippen molar-refractivity contribution in [2.75, 3.05) is 32.5 Å². The molecule has 6 nitrogen and oxygen atoms in total. The minimum absolute atomic E-state index is 0.347. The Hall–Kier alpha value is -1.18. The summed E-state index contributed by atoms with van der Waals surface area (Å²) in [4.78, 5) is 10.7. The van der Waals surface area contributed by atoms with E-state index in [1.165, 1.54) is 0 Å². The first-order valence-electron chi connectivity index (χ1n) is 7.27. The summed E-state index contributed by atoms with van der Waals surface area (Å²) >= 11 is 0. The van der Waals surface area contributed by atoms with E-state index in [1.807, 2.05) is 41.8 Å². The van der Waals surface area contributed by atoms with E-state index in [0.717, 1.165) is 18.6 Å². The first-order valence-corrected chi connectivity index (χ1v) is 7.27. The Bertz CT molecular complexity index is 460. The summed E-state index contributed by atoms with van der Waals surface area (Å²) < 4.78 is 11.9. The summed E-state index contributed by atoms with van der Waals surface area (Å²) in [5.74, 6) is 0.622. The van der Waals surface area contributed by atoms with Crippen molar-refractivity contribution in [3.63, 3.8) is 0 Å². The molecule has 2 heterocycles. The molecule has 0 saturated carbocycles. The fourth-order valence-corrected chi connectivity index (χ4v) is 1.92. The van der Waals surface area contributed by atoms with Gasteiger partial charge in [-0.05, 0) is 41.8 Å². The highest BCUT2D eigenvalue weighted by Gasteiger charge is 2.51. The van der Waals surface area contributed by atoms with Crippen LogP contribution in [0.1, 0.15) is 27.7 Å². The van der Waals surface area contributed by atoms with Crippen molar-refractivity contribution in [3.05, 3.63) is 12.4 Å². The molecule has 7 heteroatoms. The van der Waals surface area contributed by atoms with Gasteiger partial charge in [-0.25, -0.2) is 9.97 Å². The summed E-state index contributed by atoms with van der Waals surface area (Å²) in [6, 6.07) is 0. The smallest absolute Gasteiger partial charge is 0.399 e. The van der Waals surface area contributed by atoms with E-state index >= 15 is 0 Å². The molecule has 2 rings (SSSR count). The van der Waals surface area contributed by atoms with Crippen molar-refractivity contribution < 1.29 is 9.31 Å². The second-order valence-electron chi connectivity index (χ2n) is 6.66. The lowest BCUT2D eigenvalue weighted by Crippen LogP contribution is -2.41. The standard InChI is InChI=1S/C14H25BN4O2/c1-13(2)14(3,4)21-15(20-13)11-9-17-12(18-10-11)16-7-8-19(5)6/h9-10H,7-8H2,1-6H3,(H,16,17,18). The second kappa shape index (κ2) is 5.91. The van der Waals surface area contributed by atoms with Gasteiger partial charge in [0.05, 0.1) is 11.2 Å². The molecule has 1 N–H and O–H groups in total. The zero-order chi connectivity index (χ0) is 15.7. The SMILES string of the molecule is CN(C)CCNc1ncc(B2OC(C)(C)C(C)(C)O2)cn1. The number of nitrogens with one attached hydrogen (secondary N) is 1. The van der Waals surface area contributed by atoms with Crippen LogP contribution in [0.4, 0.5) is 5.95 Å². The average molecular weight is 292 g/mol. The van der Waals surface area contributed by atoms with Crippen LogP contribution in [0.15, 0.2) is 12.4 Å². The van der Waals surface area contributed by atoms with E-state index in [9.17, 15) is 0 Å². The Labute approximate surface area is 127 Å². The van der Waals surface area contributed by atoms with Crippen molar-refractivity contribution >= 4 is 18.5 Å². The number of hydrogen-bond acceptors (Lipinski definition) is 6. The molecule has 1 aliphatic heterocycles. The molecular formula is C14H25BN4O2. The molecule has 0 bridgehead atoms. The monoisotopic (exact) mass is 292 g/mol. The first kappa shape index (κ1) is 16.2. The number of aromatic nitrogens is 2.